The largest absolute Gasteiger partial charge is 0.504 e. The maximum Gasteiger partial charge on any atom is 0.238 e. The molecule has 2 aliphatic heterocycles. The molecule has 2 heterocycles. The number of benzene rings is 4. The molecule has 4 aromatic rings. The first-order valence-electron chi connectivity index (χ1n) is 17.4. The number of rotatable bonds is 12. The summed E-state index contributed by atoms with van der Waals surface area (Å²) in [6.45, 7) is 2.86. The molecule has 4 atom stereocenters. The molecular weight excluding hydrogens is 755 g/mol. The highest BCUT2D eigenvalue weighted by molar-refractivity contribution is 14.1. The van der Waals surface area contributed by atoms with E-state index in [1.54, 1.807) is 7.11 Å². The van der Waals surface area contributed by atoms with Crippen molar-refractivity contribution in [1.29, 1.82) is 0 Å². The van der Waals surface area contributed by atoms with E-state index in [0.717, 1.165) is 56.7 Å². The molecule has 2 amide bonds. The topological polar surface area (TPSA) is 97.3 Å². The Morgan fingerprint density at radius 2 is 1.67 bits per heavy atom. The molecule has 7 rings (SSSR count). The van der Waals surface area contributed by atoms with Crippen LogP contribution in [0.4, 0.5) is 17.1 Å². The average molecular weight is 797 g/mol. The lowest BCUT2D eigenvalue weighted by Gasteiger charge is -2.31. The molecule has 0 bridgehead atoms. The average Bonchev–Trinajstić information content (AvgIpc) is 3.69. The zero-order chi connectivity index (χ0) is 35.5. The number of hydrogen-bond donors (Lipinski definition) is 2. The lowest BCUT2D eigenvalue weighted by atomic mass is 9.69. The highest BCUT2D eigenvalue weighted by Crippen LogP contribution is 2.51. The molecule has 0 aromatic heterocycles. The summed E-state index contributed by atoms with van der Waals surface area (Å²) in [5, 5.41) is 13.7. The number of para-hydroxylation sites is 2. The van der Waals surface area contributed by atoms with E-state index in [1.807, 2.05) is 97.1 Å². The van der Waals surface area contributed by atoms with E-state index in [2.05, 4.69) is 40.9 Å². The molecule has 4 aromatic carbocycles. The number of methoxy groups -OCH3 is 1. The van der Waals surface area contributed by atoms with Gasteiger partial charge in [-0.1, -0.05) is 55.0 Å². The maximum atomic E-state index is 14.2. The molecule has 0 unspecified atom stereocenters. The molecule has 9 heteroatoms. The number of nitrogens with zero attached hydrogens (tertiary/aromatic N) is 1. The van der Waals surface area contributed by atoms with Gasteiger partial charge in [0.1, 0.15) is 12.4 Å². The fraction of sp³-hybridized carbons (Fsp3) is 0.286. The SMILES string of the molecule is CC/C(=C\c1cc(I)c(O)c(OC)c1)CC[C@H]1OC[C@H]2C1=C(COc1ccccc1)C[C@H]1C(=O)N(c3ccc(Nc4ccccc4)cc3)C(=O)[C@H]12. The first-order chi connectivity index (χ1) is 24.8. The first-order valence-corrected chi connectivity index (χ1v) is 18.5. The summed E-state index contributed by atoms with van der Waals surface area (Å²) in [7, 11) is 1.55. The van der Waals surface area contributed by atoms with Gasteiger partial charge in [0, 0.05) is 17.3 Å². The monoisotopic (exact) mass is 796 g/mol. The number of hydrogen-bond acceptors (Lipinski definition) is 7. The van der Waals surface area contributed by atoms with Gasteiger partial charge < -0.3 is 24.6 Å². The third-order valence-electron chi connectivity index (χ3n) is 10.2. The van der Waals surface area contributed by atoms with E-state index in [4.69, 9.17) is 14.2 Å². The summed E-state index contributed by atoms with van der Waals surface area (Å²) < 4.78 is 18.9. The van der Waals surface area contributed by atoms with Gasteiger partial charge in [-0.05, 0) is 126 Å². The van der Waals surface area contributed by atoms with Crippen LogP contribution in [-0.2, 0) is 14.3 Å². The zero-order valence-corrected chi connectivity index (χ0v) is 30.8. The fourth-order valence-electron chi connectivity index (χ4n) is 7.67. The Labute approximate surface area is 312 Å². The highest BCUT2D eigenvalue weighted by Gasteiger charge is 2.57. The number of allylic oxidation sites excluding steroid dienone is 1. The Morgan fingerprint density at radius 3 is 2.37 bits per heavy atom. The van der Waals surface area contributed by atoms with Crippen molar-refractivity contribution in [3.05, 3.63) is 123 Å². The van der Waals surface area contributed by atoms with Crippen molar-refractivity contribution in [3.63, 3.8) is 0 Å². The Balaban J connectivity index is 1.13. The van der Waals surface area contributed by atoms with Gasteiger partial charge in [0.05, 0.1) is 40.9 Å². The van der Waals surface area contributed by atoms with E-state index in [0.29, 0.717) is 31.1 Å². The van der Waals surface area contributed by atoms with Crippen molar-refractivity contribution >= 4 is 57.5 Å². The van der Waals surface area contributed by atoms with E-state index in [-0.39, 0.29) is 29.6 Å². The second-order valence-electron chi connectivity index (χ2n) is 13.2. The second-order valence-corrected chi connectivity index (χ2v) is 14.4. The van der Waals surface area contributed by atoms with Crippen LogP contribution in [0.3, 0.4) is 0 Å². The van der Waals surface area contributed by atoms with Crippen molar-refractivity contribution in [3.8, 4) is 17.2 Å². The Bertz CT molecular complexity index is 1960. The van der Waals surface area contributed by atoms with Crippen LogP contribution in [0.15, 0.2) is 114 Å². The van der Waals surface area contributed by atoms with Gasteiger partial charge in [-0.3, -0.25) is 14.5 Å². The predicted molar refractivity (Wildman–Crippen MR) is 207 cm³/mol. The molecule has 0 spiro atoms. The lowest BCUT2D eigenvalue weighted by molar-refractivity contribution is -0.122. The van der Waals surface area contributed by atoms with Crippen molar-refractivity contribution in [2.24, 2.45) is 17.8 Å². The zero-order valence-electron chi connectivity index (χ0n) is 28.7. The summed E-state index contributed by atoms with van der Waals surface area (Å²) in [4.78, 5) is 29.7. The number of anilines is 3. The first kappa shape index (κ1) is 34.8. The Morgan fingerprint density at radius 1 is 0.961 bits per heavy atom. The number of carbonyl (C=O) groups excluding carboxylic acids is 2. The molecule has 8 nitrogen and oxygen atoms in total. The van der Waals surface area contributed by atoms with Gasteiger partial charge in [-0.2, -0.15) is 0 Å². The Kier molecular flexibility index (Phi) is 10.5. The number of imide groups is 1. The quantitative estimate of drug-likeness (QED) is 0.0840. The highest BCUT2D eigenvalue weighted by atomic mass is 127. The van der Waals surface area contributed by atoms with Crippen LogP contribution in [0.25, 0.3) is 6.08 Å². The molecule has 2 N–H and O–H groups in total. The summed E-state index contributed by atoms with van der Waals surface area (Å²) >= 11 is 2.12. The van der Waals surface area contributed by atoms with Gasteiger partial charge in [-0.15, -0.1) is 0 Å². The van der Waals surface area contributed by atoms with Gasteiger partial charge in [0.25, 0.3) is 0 Å². The van der Waals surface area contributed by atoms with Crippen LogP contribution >= 0.6 is 22.6 Å². The number of phenols is 1. The van der Waals surface area contributed by atoms with E-state index in [9.17, 15) is 14.7 Å². The number of ether oxygens (including phenoxy) is 3. The Hall–Kier alpha value is -4.61. The van der Waals surface area contributed by atoms with Crippen molar-refractivity contribution in [1.82, 2.24) is 0 Å². The molecule has 1 aliphatic carbocycles. The van der Waals surface area contributed by atoms with E-state index >= 15 is 0 Å². The van der Waals surface area contributed by atoms with E-state index < -0.39 is 11.8 Å². The number of aromatic hydroxyl groups is 1. The third kappa shape index (κ3) is 7.27. The minimum absolute atomic E-state index is 0.141. The predicted octanol–water partition coefficient (Wildman–Crippen LogP) is 8.92. The summed E-state index contributed by atoms with van der Waals surface area (Å²) in [6.07, 6.45) is 4.81. The number of halogens is 1. The standard InChI is InChI=1S/C42H41IN2O6/c1-3-26(20-27-21-35(43)40(46)37(22-27)49-2)14-19-36-38-28(24-50-32-12-8-5-9-13-32)23-33-39(34(38)25-51-36)42(48)45(41(33)47)31-17-15-30(16-18-31)44-29-10-6-4-7-11-29/h4-13,15-18,20-22,33-34,36,39,44,46H,3,14,19,23-25H2,1-2H3/b26-20+/t33-,34+,36-,39-/m1/s1. The van der Waals surface area contributed by atoms with Crippen LogP contribution in [-0.4, -0.2) is 43.3 Å². The molecule has 2 fully saturated rings. The van der Waals surface area contributed by atoms with Crippen molar-refractivity contribution in [2.45, 2.75) is 38.7 Å². The van der Waals surface area contributed by atoms with Gasteiger partial charge in [0.2, 0.25) is 11.8 Å². The van der Waals surface area contributed by atoms with Gasteiger partial charge in [0.15, 0.2) is 11.5 Å². The minimum atomic E-state index is -0.479. The fourth-order valence-corrected chi connectivity index (χ4v) is 8.29. The molecule has 262 valence electrons. The molecule has 0 radical (unpaired) electrons. The van der Waals surface area contributed by atoms with Gasteiger partial charge in [-0.25, -0.2) is 0 Å². The van der Waals surface area contributed by atoms with Crippen LogP contribution in [0.2, 0.25) is 0 Å². The maximum absolute atomic E-state index is 14.2. The smallest absolute Gasteiger partial charge is 0.238 e. The second kappa shape index (κ2) is 15.3. The normalized spacial score (nSPS) is 21.5. The number of fused-ring (bicyclic) bond motifs is 3. The summed E-state index contributed by atoms with van der Waals surface area (Å²) in [5.41, 5.74) is 6.79. The third-order valence-corrected chi connectivity index (χ3v) is 11.0. The van der Waals surface area contributed by atoms with Crippen molar-refractivity contribution < 1.29 is 28.9 Å². The molecule has 0 saturated carbocycles. The van der Waals surface area contributed by atoms with Crippen molar-refractivity contribution in [2.75, 3.05) is 30.5 Å². The minimum Gasteiger partial charge on any atom is -0.504 e. The molecule has 3 aliphatic rings. The van der Waals surface area contributed by atoms with Crippen LogP contribution in [0.5, 0.6) is 17.2 Å². The number of phenolic OH excluding ortho intramolecular Hbond substituents is 1. The number of amides is 2. The number of nitrogens with one attached hydrogen (secondary N) is 1. The molecule has 2 saturated heterocycles. The number of carbonyl (C=O) groups is 2. The molecular formula is C42H41IN2O6. The lowest BCUT2D eigenvalue weighted by Crippen LogP contribution is -2.35. The van der Waals surface area contributed by atoms with Crippen LogP contribution in [0, 0.1) is 21.3 Å². The van der Waals surface area contributed by atoms with Crippen LogP contribution in [0.1, 0.15) is 38.2 Å². The summed E-state index contributed by atoms with van der Waals surface area (Å²) in [5.74, 6) is -0.120. The summed E-state index contributed by atoms with van der Waals surface area (Å²) in [6, 6.07) is 30.8. The molecule has 51 heavy (non-hydrogen) atoms. The van der Waals surface area contributed by atoms with E-state index in [1.165, 1.54) is 10.5 Å². The van der Waals surface area contributed by atoms with Crippen LogP contribution < -0.4 is 19.7 Å². The van der Waals surface area contributed by atoms with Gasteiger partial charge >= 0.3 is 0 Å².